The van der Waals surface area contributed by atoms with Gasteiger partial charge >= 0.3 is 0 Å². The molecule has 1 heterocycles. The van der Waals surface area contributed by atoms with Crippen LogP contribution in [-0.2, 0) is 13.5 Å². The molecule has 2 nitrogen and oxygen atoms in total. The van der Waals surface area contributed by atoms with Gasteiger partial charge in [0.15, 0.2) is 0 Å². The summed E-state index contributed by atoms with van der Waals surface area (Å²) in [5, 5.41) is 5.55. The van der Waals surface area contributed by atoms with E-state index in [2.05, 4.69) is 30.2 Å². The van der Waals surface area contributed by atoms with Crippen molar-refractivity contribution in [3.63, 3.8) is 0 Å². The van der Waals surface area contributed by atoms with Crippen molar-refractivity contribution in [1.82, 2.24) is 9.78 Å². The Morgan fingerprint density at radius 1 is 1.38 bits per heavy atom. The van der Waals surface area contributed by atoms with E-state index in [4.69, 9.17) is 0 Å². The highest BCUT2D eigenvalue weighted by atomic mass is 15.2. The van der Waals surface area contributed by atoms with E-state index >= 15 is 0 Å². The van der Waals surface area contributed by atoms with Gasteiger partial charge in [-0.1, -0.05) is 25.5 Å². The first-order valence-electron chi connectivity index (χ1n) is 4.72. The molecule has 68 valence electrons. The molecule has 0 aliphatic carbocycles. The molecule has 0 unspecified atom stereocenters. The van der Waals surface area contributed by atoms with Crippen LogP contribution >= 0.6 is 0 Å². The molecule has 0 bridgehead atoms. The molecule has 0 fully saturated rings. The second-order valence-electron chi connectivity index (χ2n) is 3.37. The van der Waals surface area contributed by atoms with Crippen LogP contribution in [0.1, 0.15) is 18.9 Å². The van der Waals surface area contributed by atoms with Crippen molar-refractivity contribution in [2.45, 2.75) is 19.8 Å². The van der Waals surface area contributed by atoms with E-state index in [1.54, 1.807) is 0 Å². The van der Waals surface area contributed by atoms with Crippen LogP contribution in [0.3, 0.4) is 0 Å². The number of aromatic nitrogens is 2. The van der Waals surface area contributed by atoms with Gasteiger partial charge < -0.3 is 0 Å². The van der Waals surface area contributed by atoms with Crippen LogP contribution in [0, 0.1) is 0 Å². The zero-order valence-electron chi connectivity index (χ0n) is 8.12. The van der Waals surface area contributed by atoms with E-state index < -0.39 is 0 Å². The molecule has 1 aromatic heterocycles. The molecule has 0 amide bonds. The van der Waals surface area contributed by atoms with Gasteiger partial charge in [-0.2, -0.15) is 5.10 Å². The topological polar surface area (TPSA) is 17.8 Å². The van der Waals surface area contributed by atoms with Crippen molar-refractivity contribution >= 4 is 10.9 Å². The Morgan fingerprint density at radius 3 is 3.00 bits per heavy atom. The van der Waals surface area contributed by atoms with Crippen LogP contribution in [-0.4, -0.2) is 9.78 Å². The number of hydrogen-bond donors (Lipinski definition) is 0. The molecule has 0 radical (unpaired) electrons. The van der Waals surface area contributed by atoms with Gasteiger partial charge in [0.2, 0.25) is 0 Å². The maximum Gasteiger partial charge on any atom is 0.0681 e. The molecular formula is C11H14N2. The Hall–Kier alpha value is -1.31. The second-order valence-corrected chi connectivity index (χ2v) is 3.37. The quantitative estimate of drug-likeness (QED) is 0.684. The lowest BCUT2D eigenvalue weighted by Gasteiger charge is -2.00. The van der Waals surface area contributed by atoms with E-state index in [0.29, 0.717) is 0 Å². The average Bonchev–Trinajstić information content (AvgIpc) is 2.50. The van der Waals surface area contributed by atoms with Crippen molar-refractivity contribution in [3.05, 3.63) is 30.0 Å². The first-order valence-corrected chi connectivity index (χ1v) is 4.72. The molecular weight excluding hydrogens is 160 g/mol. The lowest BCUT2D eigenvalue weighted by Crippen LogP contribution is -1.89. The van der Waals surface area contributed by atoms with Gasteiger partial charge in [-0.3, -0.25) is 4.68 Å². The Labute approximate surface area is 78.2 Å². The summed E-state index contributed by atoms with van der Waals surface area (Å²) in [5.41, 5.74) is 2.64. The molecule has 1 aromatic carbocycles. The number of aryl methyl sites for hydroxylation is 2. The van der Waals surface area contributed by atoms with Crippen molar-refractivity contribution in [2.75, 3.05) is 0 Å². The normalized spacial score (nSPS) is 10.9. The van der Waals surface area contributed by atoms with Gasteiger partial charge in [-0.15, -0.1) is 0 Å². The number of benzene rings is 1. The van der Waals surface area contributed by atoms with Gasteiger partial charge in [0.1, 0.15) is 0 Å². The molecule has 2 rings (SSSR count). The molecule has 13 heavy (non-hydrogen) atoms. The summed E-state index contributed by atoms with van der Waals surface area (Å²) >= 11 is 0. The average molecular weight is 174 g/mol. The Bertz CT molecular complexity index is 415. The fraction of sp³-hybridized carbons (Fsp3) is 0.364. The van der Waals surface area contributed by atoms with Crippen LogP contribution in [0.25, 0.3) is 10.9 Å². The molecule has 0 aliphatic rings. The smallest absolute Gasteiger partial charge is 0.0681 e. The molecule has 0 saturated carbocycles. The van der Waals surface area contributed by atoms with Crippen molar-refractivity contribution in [2.24, 2.45) is 7.05 Å². The zero-order chi connectivity index (χ0) is 9.26. The summed E-state index contributed by atoms with van der Waals surface area (Å²) in [6, 6.07) is 6.41. The first kappa shape index (κ1) is 8.30. The lowest BCUT2D eigenvalue weighted by atomic mass is 10.1. The summed E-state index contributed by atoms with van der Waals surface area (Å²) in [7, 11) is 1.98. The number of nitrogens with zero attached hydrogens (tertiary/aromatic N) is 2. The van der Waals surface area contributed by atoms with E-state index in [-0.39, 0.29) is 0 Å². The van der Waals surface area contributed by atoms with Crippen LogP contribution in [0.15, 0.2) is 24.4 Å². The SMILES string of the molecule is CCCc1cccc2c1cnn2C. The van der Waals surface area contributed by atoms with E-state index in [1.807, 2.05) is 17.9 Å². The van der Waals surface area contributed by atoms with Crippen LogP contribution in [0.2, 0.25) is 0 Å². The predicted octanol–water partition coefficient (Wildman–Crippen LogP) is 2.53. The summed E-state index contributed by atoms with van der Waals surface area (Å²) in [6.07, 6.45) is 4.29. The largest absolute Gasteiger partial charge is 0.268 e. The zero-order valence-corrected chi connectivity index (χ0v) is 8.12. The van der Waals surface area contributed by atoms with Crippen LogP contribution in [0.4, 0.5) is 0 Å². The highest BCUT2D eigenvalue weighted by Crippen LogP contribution is 2.18. The number of rotatable bonds is 2. The first-order chi connectivity index (χ1) is 6.33. The van der Waals surface area contributed by atoms with Crippen molar-refractivity contribution < 1.29 is 0 Å². The minimum Gasteiger partial charge on any atom is -0.268 e. The fourth-order valence-electron chi connectivity index (χ4n) is 1.72. The monoisotopic (exact) mass is 174 g/mol. The van der Waals surface area contributed by atoms with E-state index in [1.165, 1.54) is 22.9 Å². The minimum absolute atomic E-state index is 1.14. The molecule has 0 aliphatic heterocycles. The van der Waals surface area contributed by atoms with Gasteiger partial charge in [-0.25, -0.2) is 0 Å². The van der Waals surface area contributed by atoms with Gasteiger partial charge in [0.05, 0.1) is 11.7 Å². The summed E-state index contributed by atoms with van der Waals surface area (Å²) < 4.78 is 1.93. The predicted molar refractivity (Wildman–Crippen MR) is 54.7 cm³/mol. The molecule has 2 heteroatoms. The maximum absolute atomic E-state index is 4.26. The van der Waals surface area contributed by atoms with Gasteiger partial charge in [0, 0.05) is 12.4 Å². The molecule has 0 N–H and O–H groups in total. The standard InChI is InChI=1S/C11H14N2/c1-3-5-9-6-4-7-11-10(9)8-12-13(11)2/h4,6-8H,3,5H2,1-2H3. The van der Waals surface area contributed by atoms with Crippen LogP contribution < -0.4 is 0 Å². The molecule has 0 spiro atoms. The second kappa shape index (κ2) is 3.21. The minimum atomic E-state index is 1.14. The third kappa shape index (κ3) is 1.32. The van der Waals surface area contributed by atoms with Crippen molar-refractivity contribution in [3.8, 4) is 0 Å². The summed E-state index contributed by atoms with van der Waals surface area (Å²) in [4.78, 5) is 0. The fourth-order valence-corrected chi connectivity index (χ4v) is 1.72. The third-order valence-corrected chi connectivity index (χ3v) is 2.40. The molecule has 0 atom stereocenters. The van der Waals surface area contributed by atoms with Crippen LogP contribution in [0.5, 0.6) is 0 Å². The number of fused-ring (bicyclic) bond motifs is 1. The Balaban J connectivity index is 2.63. The lowest BCUT2D eigenvalue weighted by molar-refractivity contribution is 0.797. The Morgan fingerprint density at radius 2 is 2.23 bits per heavy atom. The third-order valence-electron chi connectivity index (χ3n) is 2.40. The van der Waals surface area contributed by atoms with E-state index in [9.17, 15) is 0 Å². The number of hydrogen-bond acceptors (Lipinski definition) is 1. The summed E-state index contributed by atoms with van der Waals surface area (Å²) in [6.45, 7) is 2.20. The maximum atomic E-state index is 4.26. The molecule has 2 aromatic rings. The van der Waals surface area contributed by atoms with Gasteiger partial charge in [-0.05, 0) is 18.1 Å². The molecule has 0 saturated heterocycles. The highest BCUT2D eigenvalue weighted by molar-refractivity contribution is 5.82. The highest BCUT2D eigenvalue weighted by Gasteiger charge is 2.02. The Kier molecular flexibility index (Phi) is 2.05. The van der Waals surface area contributed by atoms with Crippen molar-refractivity contribution in [1.29, 1.82) is 0 Å². The summed E-state index contributed by atoms with van der Waals surface area (Å²) in [5.74, 6) is 0. The van der Waals surface area contributed by atoms with E-state index in [0.717, 1.165) is 6.42 Å². The van der Waals surface area contributed by atoms with Gasteiger partial charge in [0.25, 0.3) is 0 Å².